The van der Waals surface area contributed by atoms with Gasteiger partial charge >= 0.3 is 11.9 Å². The predicted molar refractivity (Wildman–Crippen MR) is 63.6 cm³/mol. The van der Waals surface area contributed by atoms with Gasteiger partial charge in [-0.3, -0.25) is 9.59 Å². The molecule has 1 aliphatic heterocycles. The van der Waals surface area contributed by atoms with Crippen LogP contribution in [0.1, 0.15) is 36.5 Å². The molecule has 0 N–H and O–H groups in total. The Morgan fingerprint density at radius 2 is 1.71 bits per heavy atom. The maximum atomic E-state index is 11.4. The second-order valence-corrected chi connectivity index (χ2v) is 5.08. The molecule has 0 unspecified atom stereocenters. The largest absolute Gasteiger partial charge is 0.393 e. The van der Waals surface area contributed by atoms with Crippen molar-refractivity contribution in [1.82, 2.24) is 0 Å². The minimum Gasteiger partial charge on any atom is -0.393 e. The zero-order valence-corrected chi connectivity index (χ0v) is 10.4. The maximum absolute atomic E-state index is 11.4. The number of ether oxygens (including phenoxy) is 1. The van der Waals surface area contributed by atoms with Gasteiger partial charge in [0.15, 0.2) is 0 Å². The van der Waals surface area contributed by atoms with E-state index in [2.05, 4.69) is 10.8 Å². The molecule has 1 heterocycles. The zero-order chi connectivity index (χ0) is 12.6. The van der Waals surface area contributed by atoms with E-state index in [0.717, 1.165) is 11.1 Å². The summed E-state index contributed by atoms with van der Waals surface area (Å²) in [6.07, 6.45) is 0.533. The molecule has 0 bridgehead atoms. The normalized spacial score (nSPS) is 19.0. The van der Waals surface area contributed by atoms with E-state index in [4.69, 9.17) is 0 Å². The van der Waals surface area contributed by atoms with Crippen molar-refractivity contribution in [3.63, 3.8) is 0 Å². The summed E-state index contributed by atoms with van der Waals surface area (Å²) >= 11 is 0. The van der Waals surface area contributed by atoms with Gasteiger partial charge in [-0.15, -0.1) is 0 Å². The highest BCUT2D eigenvalue weighted by Crippen LogP contribution is 2.37. The third-order valence-corrected chi connectivity index (χ3v) is 3.33. The van der Waals surface area contributed by atoms with Gasteiger partial charge in [-0.05, 0) is 25.0 Å². The van der Waals surface area contributed by atoms with Crippen molar-refractivity contribution in [2.24, 2.45) is 0 Å². The third-order valence-electron chi connectivity index (χ3n) is 3.33. The summed E-state index contributed by atoms with van der Waals surface area (Å²) in [4.78, 5) is 22.8. The molecule has 0 amide bonds. The minimum absolute atomic E-state index is 0.267. The number of hydrogen-bond donors (Lipinski definition) is 0. The molecule has 3 heteroatoms. The van der Waals surface area contributed by atoms with Crippen LogP contribution in [0.15, 0.2) is 18.2 Å². The molecular weight excluding hydrogens is 216 g/mol. The Labute approximate surface area is 101 Å². The molecule has 0 saturated carbocycles. The summed E-state index contributed by atoms with van der Waals surface area (Å²) in [7, 11) is 0. The number of cyclic esters (lactones) is 2. The third kappa shape index (κ3) is 2.23. The summed E-state index contributed by atoms with van der Waals surface area (Å²) in [6.45, 7) is 5.99. The fourth-order valence-electron chi connectivity index (χ4n) is 2.58. The molecule has 90 valence electrons. The van der Waals surface area contributed by atoms with Crippen molar-refractivity contribution in [3.05, 3.63) is 34.9 Å². The van der Waals surface area contributed by atoms with Gasteiger partial charge in [-0.1, -0.05) is 30.7 Å². The Balaban J connectivity index is 2.43. The van der Waals surface area contributed by atoms with Gasteiger partial charge in [-0.25, -0.2) is 0 Å². The highest BCUT2D eigenvalue weighted by molar-refractivity contribution is 5.90. The molecule has 1 aromatic rings. The molecule has 0 aromatic heterocycles. The molecule has 0 spiro atoms. The molecule has 1 aliphatic rings. The van der Waals surface area contributed by atoms with E-state index in [1.165, 1.54) is 5.56 Å². The molecular formula is C14H16O3. The Bertz CT molecular complexity index is 472. The first-order chi connectivity index (χ1) is 7.90. The van der Waals surface area contributed by atoms with Crippen molar-refractivity contribution < 1.29 is 14.3 Å². The van der Waals surface area contributed by atoms with Gasteiger partial charge in [-0.2, -0.15) is 0 Å². The molecule has 0 radical (unpaired) electrons. The first-order valence-electron chi connectivity index (χ1n) is 5.72. The number of benzene rings is 1. The lowest BCUT2D eigenvalue weighted by Gasteiger charge is -2.32. The number of aryl methyl sites for hydroxylation is 2. The quantitative estimate of drug-likeness (QED) is 0.551. The van der Waals surface area contributed by atoms with Crippen molar-refractivity contribution >= 4 is 11.9 Å². The van der Waals surface area contributed by atoms with Gasteiger partial charge in [0.1, 0.15) is 0 Å². The summed E-state index contributed by atoms with van der Waals surface area (Å²) in [5, 5.41) is 0. The molecule has 1 saturated heterocycles. The van der Waals surface area contributed by atoms with Crippen LogP contribution in [0.3, 0.4) is 0 Å². The van der Waals surface area contributed by atoms with Crippen LogP contribution in [-0.4, -0.2) is 11.9 Å². The van der Waals surface area contributed by atoms with E-state index >= 15 is 0 Å². The molecule has 2 rings (SSSR count). The number of carbonyl (C=O) groups excluding carboxylic acids is 2. The summed E-state index contributed by atoms with van der Waals surface area (Å²) < 4.78 is 4.59. The van der Waals surface area contributed by atoms with Crippen LogP contribution in [-0.2, 0) is 19.7 Å². The van der Waals surface area contributed by atoms with Crippen LogP contribution in [0.5, 0.6) is 0 Å². The SMILES string of the molecule is Cc1ccc(C2(C)CC(=O)OC(=O)C2)c(C)c1. The van der Waals surface area contributed by atoms with Gasteiger partial charge < -0.3 is 4.74 Å². The molecule has 1 fully saturated rings. The van der Waals surface area contributed by atoms with Gasteiger partial charge in [0, 0.05) is 5.41 Å². The number of esters is 2. The zero-order valence-electron chi connectivity index (χ0n) is 10.4. The van der Waals surface area contributed by atoms with Crippen LogP contribution in [0.25, 0.3) is 0 Å². The summed E-state index contributed by atoms with van der Waals surface area (Å²) in [6, 6.07) is 6.10. The summed E-state index contributed by atoms with van der Waals surface area (Å²) in [5.74, 6) is -0.854. The fourth-order valence-corrected chi connectivity index (χ4v) is 2.58. The Kier molecular flexibility index (Phi) is 2.77. The van der Waals surface area contributed by atoms with E-state index in [-0.39, 0.29) is 12.8 Å². The van der Waals surface area contributed by atoms with Crippen molar-refractivity contribution in [3.8, 4) is 0 Å². The first-order valence-corrected chi connectivity index (χ1v) is 5.72. The summed E-state index contributed by atoms with van der Waals surface area (Å²) in [5.41, 5.74) is 2.94. The van der Waals surface area contributed by atoms with Crippen molar-refractivity contribution in [2.75, 3.05) is 0 Å². The van der Waals surface area contributed by atoms with E-state index in [9.17, 15) is 9.59 Å². The highest BCUT2D eigenvalue weighted by Gasteiger charge is 2.39. The number of carbonyl (C=O) groups is 2. The topological polar surface area (TPSA) is 43.4 Å². The van der Waals surface area contributed by atoms with Crippen molar-refractivity contribution in [2.45, 2.75) is 39.0 Å². The number of rotatable bonds is 1. The molecule has 17 heavy (non-hydrogen) atoms. The molecule has 1 aromatic carbocycles. The van der Waals surface area contributed by atoms with Crippen LogP contribution >= 0.6 is 0 Å². The first kappa shape index (κ1) is 11.8. The van der Waals surface area contributed by atoms with Crippen LogP contribution in [0.2, 0.25) is 0 Å². The Hall–Kier alpha value is -1.64. The smallest absolute Gasteiger partial charge is 0.314 e. The van der Waals surface area contributed by atoms with Crippen LogP contribution in [0, 0.1) is 13.8 Å². The van der Waals surface area contributed by atoms with Crippen molar-refractivity contribution in [1.29, 1.82) is 0 Å². The maximum Gasteiger partial charge on any atom is 0.314 e. The Morgan fingerprint density at radius 3 is 2.24 bits per heavy atom. The second-order valence-electron chi connectivity index (χ2n) is 5.08. The average Bonchev–Trinajstić information content (AvgIpc) is 2.13. The lowest BCUT2D eigenvalue weighted by atomic mass is 9.74. The molecule has 3 nitrogen and oxygen atoms in total. The van der Waals surface area contributed by atoms with Crippen LogP contribution < -0.4 is 0 Å². The molecule has 0 aliphatic carbocycles. The standard InChI is InChI=1S/C14H16O3/c1-9-4-5-11(10(2)6-9)14(3)7-12(15)17-13(16)8-14/h4-6H,7-8H2,1-3H3. The average molecular weight is 232 g/mol. The van der Waals surface area contributed by atoms with Gasteiger partial charge in [0.05, 0.1) is 12.8 Å². The lowest BCUT2D eigenvalue weighted by Crippen LogP contribution is -2.37. The Morgan fingerprint density at radius 1 is 1.12 bits per heavy atom. The monoisotopic (exact) mass is 232 g/mol. The minimum atomic E-state index is -0.427. The van der Waals surface area contributed by atoms with E-state index in [1.807, 2.05) is 32.9 Å². The van der Waals surface area contributed by atoms with Crippen LogP contribution in [0.4, 0.5) is 0 Å². The van der Waals surface area contributed by atoms with E-state index in [0.29, 0.717) is 0 Å². The highest BCUT2D eigenvalue weighted by atomic mass is 16.6. The van der Waals surface area contributed by atoms with E-state index < -0.39 is 17.4 Å². The molecule has 0 atom stereocenters. The van der Waals surface area contributed by atoms with E-state index in [1.54, 1.807) is 0 Å². The lowest BCUT2D eigenvalue weighted by molar-refractivity contribution is -0.166. The van der Waals surface area contributed by atoms with Gasteiger partial charge in [0.2, 0.25) is 0 Å². The fraction of sp³-hybridized carbons (Fsp3) is 0.429. The van der Waals surface area contributed by atoms with Gasteiger partial charge in [0.25, 0.3) is 0 Å². The number of hydrogen-bond acceptors (Lipinski definition) is 3. The second kappa shape index (κ2) is 3.99. The predicted octanol–water partition coefficient (Wildman–Crippen LogP) is 2.42.